The van der Waals surface area contributed by atoms with Crippen LogP contribution in [0.15, 0.2) is 6.07 Å². The molecule has 0 saturated carbocycles. The zero-order chi connectivity index (χ0) is 9.30. The topological polar surface area (TPSA) is 42.1 Å². The largest absolute Gasteiger partial charge is 0.397 e. The molecule has 0 bridgehead atoms. The van der Waals surface area contributed by atoms with Crippen molar-refractivity contribution in [2.24, 2.45) is 0 Å². The summed E-state index contributed by atoms with van der Waals surface area (Å²) in [5.41, 5.74) is 8.48. The molecule has 1 heterocycles. The van der Waals surface area contributed by atoms with E-state index in [-0.39, 0.29) is 0 Å². The molecular weight excluding hydrogens is 150 g/mol. The standard InChI is InChI=1S/C9H15N3/c1-6-5-8(10)7(2)11-9(6)12(3)4/h5H,10H2,1-4H3. The van der Waals surface area contributed by atoms with Gasteiger partial charge in [0.1, 0.15) is 5.82 Å². The van der Waals surface area contributed by atoms with Gasteiger partial charge in [-0.2, -0.15) is 0 Å². The molecule has 0 amide bonds. The third-order valence-corrected chi connectivity index (χ3v) is 1.84. The third-order valence-electron chi connectivity index (χ3n) is 1.84. The van der Waals surface area contributed by atoms with Crippen LogP contribution in [0.2, 0.25) is 0 Å². The molecule has 0 aliphatic carbocycles. The van der Waals surface area contributed by atoms with Crippen molar-refractivity contribution in [1.29, 1.82) is 0 Å². The van der Waals surface area contributed by atoms with E-state index in [0.29, 0.717) is 0 Å². The highest BCUT2D eigenvalue weighted by atomic mass is 15.1. The fraction of sp³-hybridized carbons (Fsp3) is 0.444. The summed E-state index contributed by atoms with van der Waals surface area (Å²) in [5, 5.41) is 0. The summed E-state index contributed by atoms with van der Waals surface area (Å²) in [7, 11) is 3.95. The fourth-order valence-corrected chi connectivity index (χ4v) is 1.17. The summed E-state index contributed by atoms with van der Waals surface area (Å²) in [5.74, 6) is 0.988. The summed E-state index contributed by atoms with van der Waals surface area (Å²) in [6, 6.07) is 1.96. The molecule has 3 nitrogen and oxygen atoms in total. The smallest absolute Gasteiger partial charge is 0.131 e. The van der Waals surface area contributed by atoms with Gasteiger partial charge in [-0.15, -0.1) is 0 Å². The number of rotatable bonds is 1. The van der Waals surface area contributed by atoms with E-state index < -0.39 is 0 Å². The first-order chi connectivity index (χ1) is 5.52. The van der Waals surface area contributed by atoms with E-state index in [2.05, 4.69) is 4.98 Å². The van der Waals surface area contributed by atoms with Crippen molar-refractivity contribution in [3.05, 3.63) is 17.3 Å². The number of pyridine rings is 1. The zero-order valence-electron chi connectivity index (χ0n) is 8.05. The van der Waals surface area contributed by atoms with Crippen LogP contribution in [0.5, 0.6) is 0 Å². The van der Waals surface area contributed by atoms with Gasteiger partial charge >= 0.3 is 0 Å². The van der Waals surface area contributed by atoms with Gasteiger partial charge in [0.25, 0.3) is 0 Å². The van der Waals surface area contributed by atoms with Gasteiger partial charge in [0.05, 0.1) is 11.4 Å². The molecule has 0 aliphatic heterocycles. The number of aryl methyl sites for hydroxylation is 2. The van der Waals surface area contributed by atoms with Crippen LogP contribution in [0, 0.1) is 13.8 Å². The van der Waals surface area contributed by atoms with Gasteiger partial charge in [0.15, 0.2) is 0 Å². The van der Waals surface area contributed by atoms with Crippen LogP contribution >= 0.6 is 0 Å². The van der Waals surface area contributed by atoms with E-state index >= 15 is 0 Å². The summed E-state index contributed by atoms with van der Waals surface area (Å²) in [4.78, 5) is 6.36. The van der Waals surface area contributed by atoms with Crippen LogP contribution in [0.4, 0.5) is 11.5 Å². The second-order valence-electron chi connectivity index (χ2n) is 3.20. The molecule has 3 heteroatoms. The molecule has 2 N–H and O–H groups in total. The van der Waals surface area contributed by atoms with E-state index in [1.807, 2.05) is 38.9 Å². The molecule has 66 valence electrons. The molecule has 0 unspecified atom stereocenters. The molecule has 0 aliphatic rings. The minimum Gasteiger partial charge on any atom is -0.397 e. The maximum atomic E-state index is 5.71. The lowest BCUT2D eigenvalue weighted by atomic mass is 10.2. The maximum Gasteiger partial charge on any atom is 0.131 e. The van der Waals surface area contributed by atoms with Gasteiger partial charge in [-0.3, -0.25) is 0 Å². The predicted molar refractivity (Wildman–Crippen MR) is 52.5 cm³/mol. The van der Waals surface area contributed by atoms with Crippen LogP contribution in [0.1, 0.15) is 11.3 Å². The molecule has 0 aromatic carbocycles. The first-order valence-corrected chi connectivity index (χ1v) is 3.93. The molecule has 0 saturated heterocycles. The Morgan fingerprint density at radius 3 is 2.42 bits per heavy atom. The van der Waals surface area contributed by atoms with Crippen molar-refractivity contribution in [2.45, 2.75) is 13.8 Å². The molecule has 1 aromatic rings. The van der Waals surface area contributed by atoms with Gasteiger partial charge in [-0.1, -0.05) is 0 Å². The molecule has 0 spiro atoms. The van der Waals surface area contributed by atoms with Gasteiger partial charge in [-0.25, -0.2) is 4.98 Å². The normalized spacial score (nSPS) is 10.0. The lowest BCUT2D eigenvalue weighted by Gasteiger charge is -2.15. The predicted octanol–water partition coefficient (Wildman–Crippen LogP) is 1.35. The highest BCUT2D eigenvalue weighted by Crippen LogP contribution is 2.19. The number of nitrogen functional groups attached to an aromatic ring is 1. The average Bonchev–Trinajstić information content (AvgIpc) is 1.96. The first-order valence-electron chi connectivity index (χ1n) is 3.93. The zero-order valence-corrected chi connectivity index (χ0v) is 8.05. The number of hydrogen-bond donors (Lipinski definition) is 1. The van der Waals surface area contributed by atoms with Gasteiger partial charge < -0.3 is 10.6 Å². The Balaban J connectivity index is 3.23. The molecule has 0 atom stereocenters. The van der Waals surface area contributed by atoms with Crippen molar-refractivity contribution >= 4 is 11.5 Å². The van der Waals surface area contributed by atoms with Gasteiger partial charge in [0, 0.05) is 14.1 Å². The Kier molecular flexibility index (Phi) is 2.22. The monoisotopic (exact) mass is 165 g/mol. The highest BCUT2D eigenvalue weighted by Gasteiger charge is 2.04. The Hall–Kier alpha value is -1.25. The second-order valence-corrected chi connectivity index (χ2v) is 3.20. The Labute approximate surface area is 73.2 Å². The van der Waals surface area contributed by atoms with Crippen LogP contribution < -0.4 is 10.6 Å². The van der Waals surface area contributed by atoms with Crippen molar-refractivity contribution < 1.29 is 0 Å². The van der Waals surface area contributed by atoms with E-state index in [9.17, 15) is 0 Å². The molecular formula is C9H15N3. The number of hydrogen-bond acceptors (Lipinski definition) is 3. The van der Waals surface area contributed by atoms with Gasteiger partial charge in [-0.05, 0) is 25.5 Å². The van der Waals surface area contributed by atoms with Crippen molar-refractivity contribution in [2.75, 3.05) is 24.7 Å². The van der Waals surface area contributed by atoms with E-state index in [4.69, 9.17) is 5.73 Å². The summed E-state index contributed by atoms with van der Waals surface area (Å²) in [6.07, 6.45) is 0. The van der Waals surface area contributed by atoms with Crippen molar-refractivity contribution in [1.82, 2.24) is 4.98 Å². The van der Waals surface area contributed by atoms with Crippen molar-refractivity contribution in [3.8, 4) is 0 Å². The SMILES string of the molecule is Cc1cc(N)c(C)nc1N(C)C. The third kappa shape index (κ3) is 1.49. The number of nitrogens with two attached hydrogens (primary N) is 1. The minimum absolute atomic E-state index is 0.762. The van der Waals surface area contributed by atoms with E-state index in [1.165, 1.54) is 0 Å². The average molecular weight is 165 g/mol. The number of anilines is 2. The van der Waals surface area contributed by atoms with E-state index in [0.717, 1.165) is 22.8 Å². The molecule has 0 radical (unpaired) electrons. The summed E-state index contributed by atoms with van der Waals surface area (Å²) < 4.78 is 0. The molecule has 1 aromatic heterocycles. The maximum absolute atomic E-state index is 5.71. The Morgan fingerprint density at radius 1 is 1.33 bits per heavy atom. The Morgan fingerprint density at radius 2 is 1.92 bits per heavy atom. The minimum atomic E-state index is 0.762. The fourth-order valence-electron chi connectivity index (χ4n) is 1.17. The Bertz CT molecular complexity index is 292. The van der Waals surface area contributed by atoms with Gasteiger partial charge in [0.2, 0.25) is 0 Å². The molecule has 1 rings (SSSR count). The van der Waals surface area contributed by atoms with Crippen LogP contribution in [0.25, 0.3) is 0 Å². The van der Waals surface area contributed by atoms with Crippen LogP contribution in [-0.2, 0) is 0 Å². The quantitative estimate of drug-likeness (QED) is 0.683. The van der Waals surface area contributed by atoms with E-state index in [1.54, 1.807) is 0 Å². The summed E-state index contributed by atoms with van der Waals surface area (Å²) >= 11 is 0. The highest BCUT2D eigenvalue weighted by molar-refractivity contribution is 5.55. The molecule has 0 fully saturated rings. The summed E-state index contributed by atoms with van der Waals surface area (Å²) in [6.45, 7) is 3.93. The van der Waals surface area contributed by atoms with Crippen LogP contribution in [-0.4, -0.2) is 19.1 Å². The number of aromatic nitrogens is 1. The molecule has 12 heavy (non-hydrogen) atoms. The van der Waals surface area contributed by atoms with Crippen LogP contribution in [0.3, 0.4) is 0 Å². The number of nitrogens with zero attached hydrogens (tertiary/aromatic N) is 2. The first kappa shape index (κ1) is 8.84. The second kappa shape index (κ2) is 3.01. The lowest BCUT2D eigenvalue weighted by molar-refractivity contribution is 1.03. The van der Waals surface area contributed by atoms with Crippen molar-refractivity contribution in [3.63, 3.8) is 0 Å². The lowest BCUT2D eigenvalue weighted by Crippen LogP contribution is -2.13.